The van der Waals surface area contributed by atoms with Crippen LogP contribution in [0.15, 0.2) is 42.5 Å². The number of benzene rings is 2. The summed E-state index contributed by atoms with van der Waals surface area (Å²) in [6.45, 7) is 5.92. The summed E-state index contributed by atoms with van der Waals surface area (Å²) >= 11 is 0. The van der Waals surface area contributed by atoms with Crippen LogP contribution in [0.1, 0.15) is 48.2 Å². The normalized spacial score (nSPS) is 14.0. The van der Waals surface area contributed by atoms with Gasteiger partial charge < -0.3 is 15.4 Å². The van der Waals surface area contributed by atoms with Crippen molar-refractivity contribution in [2.45, 2.75) is 40.0 Å². The molecule has 0 bridgehead atoms. The zero-order chi connectivity index (χ0) is 21.0. The van der Waals surface area contributed by atoms with Crippen molar-refractivity contribution in [1.29, 1.82) is 0 Å². The number of hydrogen-bond donors (Lipinski definition) is 2. The second-order valence-corrected chi connectivity index (χ2v) is 7.22. The van der Waals surface area contributed by atoms with E-state index in [2.05, 4.69) is 10.6 Å². The lowest BCUT2D eigenvalue weighted by molar-refractivity contribution is -0.131. The molecule has 2 aromatic carbocycles. The van der Waals surface area contributed by atoms with Crippen molar-refractivity contribution in [3.63, 3.8) is 0 Å². The van der Waals surface area contributed by atoms with Crippen molar-refractivity contribution in [3.8, 4) is 0 Å². The molecule has 0 atom stereocenters. The molecule has 2 aromatic rings. The molecule has 1 saturated carbocycles. The van der Waals surface area contributed by atoms with E-state index >= 15 is 0 Å². The minimum absolute atomic E-state index is 0.240. The molecule has 3 rings (SSSR count). The predicted octanol–water partition coefficient (Wildman–Crippen LogP) is 4.09. The van der Waals surface area contributed by atoms with E-state index in [1.807, 2.05) is 32.0 Å². The van der Waals surface area contributed by atoms with Crippen molar-refractivity contribution >= 4 is 29.2 Å². The third kappa shape index (κ3) is 4.16. The molecular weight excluding hydrogens is 368 g/mol. The minimum atomic E-state index is -1.12. The van der Waals surface area contributed by atoms with E-state index in [1.165, 1.54) is 0 Å². The maximum atomic E-state index is 13.0. The van der Waals surface area contributed by atoms with Crippen LogP contribution in [0.2, 0.25) is 0 Å². The van der Waals surface area contributed by atoms with E-state index in [9.17, 15) is 14.4 Å². The van der Waals surface area contributed by atoms with Crippen LogP contribution in [0.5, 0.6) is 0 Å². The summed E-state index contributed by atoms with van der Waals surface area (Å²) in [6.07, 6.45) is 1.72. The van der Waals surface area contributed by atoms with Gasteiger partial charge in [-0.25, -0.2) is 4.79 Å². The molecule has 0 spiro atoms. The minimum Gasteiger partial charge on any atom is -0.462 e. The van der Waals surface area contributed by atoms with Gasteiger partial charge in [0.2, 0.25) is 11.8 Å². The van der Waals surface area contributed by atoms with Gasteiger partial charge in [-0.05, 0) is 56.4 Å². The number of anilines is 2. The number of rotatable bonds is 7. The van der Waals surface area contributed by atoms with Crippen LogP contribution in [-0.2, 0) is 20.7 Å². The number of esters is 1. The van der Waals surface area contributed by atoms with Gasteiger partial charge in [0.15, 0.2) is 0 Å². The van der Waals surface area contributed by atoms with Crippen LogP contribution in [0.4, 0.5) is 11.4 Å². The van der Waals surface area contributed by atoms with Gasteiger partial charge in [0, 0.05) is 5.69 Å². The smallest absolute Gasteiger partial charge is 0.340 e. The second-order valence-electron chi connectivity index (χ2n) is 7.22. The highest BCUT2D eigenvalue weighted by Crippen LogP contribution is 2.48. The van der Waals surface area contributed by atoms with Gasteiger partial charge in [-0.1, -0.05) is 37.3 Å². The summed E-state index contributed by atoms with van der Waals surface area (Å²) in [6, 6.07) is 12.5. The Labute approximate surface area is 170 Å². The van der Waals surface area contributed by atoms with Gasteiger partial charge in [0.05, 0.1) is 17.9 Å². The van der Waals surface area contributed by atoms with Crippen molar-refractivity contribution in [1.82, 2.24) is 0 Å². The van der Waals surface area contributed by atoms with Crippen LogP contribution in [0.25, 0.3) is 0 Å². The van der Waals surface area contributed by atoms with Crippen molar-refractivity contribution < 1.29 is 19.1 Å². The van der Waals surface area contributed by atoms with Crippen molar-refractivity contribution in [2.75, 3.05) is 17.2 Å². The van der Waals surface area contributed by atoms with Crippen LogP contribution in [-0.4, -0.2) is 24.4 Å². The summed E-state index contributed by atoms with van der Waals surface area (Å²) in [7, 11) is 0. The topological polar surface area (TPSA) is 84.5 Å². The largest absolute Gasteiger partial charge is 0.462 e. The van der Waals surface area contributed by atoms with E-state index < -0.39 is 17.3 Å². The summed E-state index contributed by atoms with van der Waals surface area (Å²) < 4.78 is 5.05. The van der Waals surface area contributed by atoms with Gasteiger partial charge in [-0.2, -0.15) is 0 Å². The maximum Gasteiger partial charge on any atom is 0.340 e. The molecule has 0 heterocycles. The number of carbonyl (C=O) groups excluding carboxylic acids is 3. The van der Waals surface area contributed by atoms with E-state index in [4.69, 9.17) is 4.74 Å². The third-order valence-corrected chi connectivity index (χ3v) is 5.27. The Balaban J connectivity index is 1.79. The number of aryl methyl sites for hydroxylation is 2. The first-order valence-corrected chi connectivity index (χ1v) is 9.90. The molecular formula is C23H26N2O4. The SMILES string of the molecule is CCOC(=O)c1ccccc1NC(=O)C1(C(=O)Nc2c(C)cccc2CC)CC1. The van der Waals surface area contributed by atoms with Gasteiger partial charge >= 0.3 is 5.97 Å². The van der Waals surface area contributed by atoms with Crippen LogP contribution < -0.4 is 10.6 Å². The number of carbonyl (C=O) groups is 3. The number of amides is 2. The predicted molar refractivity (Wildman–Crippen MR) is 112 cm³/mol. The fourth-order valence-electron chi connectivity index (χ4n) is 3.34. The van der Waals surface area contributed by atoms with E-state index in [0.29, 0.717) is 18.5 Å². The second kappa shape index (κ2) is 8.47. The van der Waals surface area contributed by atoms with E-state index in [1.54, 1.807) is 31.2 Å². The average Bonchev–Trinajstić information content (AvgIpc) is 3.52. The zero-order valence-electron chi connectivity index (χ0n) is 17.0. The molecule has 29 heavy (non-hydrogen) atoms. The molecule has 1 aliphatic rings. The highest BCUT2D eigenvalue weighted by atomic mass is 16.5. The molecule has 152 valence electrons. The lowest BCUT2D eigenvalue weighted by Crippen LogP contribution is -2.36. The molecule has 2 amide bonds. The Morgan fingerprint density at radius 3 is 2.31 bits per heavy atom. The number of hydrogen-bond acceptors (Lipinski definition) is 4. The van der Waals surface area contributed by atoms with Crippen LogP contribution in [0.3, 0.4) is 0 Å². The Kier molecular flexibility index (Phi) is 6.01. The summed E-state index contributed by atoms with van der Waals surface area (Å²) in [5, 5.41) is 5.73. The molecule has 0 radical (unpaired) electrons. The first-order valence-electron chi connectivity index (χ1n) is 9.90. The third-order valence-electron chi connectivity index (χ3n) is 5.27. The van der Waals surface area contributed by atoms with Gasteiger partial charge in [0.1, 0.15) is 5.41 Å². The fourth-order valence-corrected chi connectivity index (χ4v) is 3.34. The zero-order valence-corrected chi connectivity index (χ0v) is 17.0. The highest BCUT2D eigenvalue weighted by molar-refractivity contribution is 6.18. The number of nitrogens with one attached hydrogen (secondary N) is 2. The lowest BCUT2D eigenvalue weighted by atomic mass is 10.0. The van der Waals surface area contributed by atoms with Gasteiger partial charge in [0.25, 0.3) is 0 Å². The highest BCUT2D eigenvalue weighted by Gasteiger charge is 2.56. The molecule has 0 saturated heterocycles. The maximum absolute atomic E-state index is 13.0. The average molecular weight is 394 g/mol. The summed E-state index contributed by atoms with van der Waals surface area (Å²) in [5.74, 6) is -1.23. The quantitative estimate of drug-likeness (QED) is 0.547. The van der Waals surface area contributed by atoms with Gasteiger partial charge in [-0.15, -0.1) is 0 Å². The van der Waals surface area contributed by atoms with E-state index in [0.717, 1.165) is 23.2 Å². The fraction of sp³-hybridized carbons (Fsp3) is 0.348. The Hall–Kier alpha value is -3.15. The molecule has 0 aromatic heterocycles. The van der Waals surface area contributed by atoms with Crippen molar-refractivity contribution in [3.05, 3.63) is 59.2 Å². The Morgan fingerprint density at radius 1 is 0.966 bits per heavy atom. The van der Waals surface area contributed by atoms with Gasteiger partial charge in [-0.3, -0.25) is 9.59 Å². The summed E-state index contributed by atoms with van der Waals surface area (Å²) in [5.41, 5.74) is 2.26. The van der Waals surface area contributed by atoms with Crippen molar-refractivity contribution in [2.24, 2.45) is 5.41 Å². The number of ether oxygens (including phenoxy) is 1. The first-order chi connectivity index (χ1) is 13.9. The molecule has 2 N–H and O–H groups in total. The lowest BCUT2D eigenvalue weighted by Gasteiger charge is -2.19. The molecule has 6 heteroatoms. The van der Waals surface area contributed by atoms with E-state index in [-0.39, 0.29) is 18.1 Å². The Bertz CT molecular complexity index is 948. The molecule has 1 aliphatic carbocycles. The first kappa shape index (κ1) is 20.6. The number of para-hydroxylation sites is 2. The molecule has 0 unspecified atom stereocenters. The standard InChI is InChI=1S/C23H26N2O4/c1-4-16-10-8-9-15(3)19(16)25-22(28)23(13-14-23)21(27)24-18-12-7-6-11-17(18)20(26)29-5-2/h6-12H,4-5,13-14H2,1-3H3,(H,24,27)(H,25,28). The van der Waals surface area contributed by atoms with Crippen LogP contribution >= 0.6 is 0 Å². The molecule has 1 fully saturated rings. The summed E-state index contributed by atoms with van der Waals surface area (Å²) in [4.78, 5) is 38.1. The monoisotopic (exact) mass is 394 g/mol. The van der Waals surface area contributed by atoms with Crippen LogP contribution in [0, 0.1) is 12.3 Å². The molecule has 6 nitrogen and oxygen atoms in total. The molecule has 0 aliphatic heterocycles. The Morgan fingerprint density at radius 2 is 1.66 bits per heavy atom.